The second-order valence-corrected chi connectivity index (χ2v) is 15.5. The number of carbonyl (C=O) groups is 1. The predicted octanol–water partition coefficient (Wildman–Crippen LogP) is 6.11. The minimum Gasteiger partial charge on any atom is -0.489 e. The molecule has 0 bridgehead atoms. The van der Waals surface area contributed by atoms with Gasteiger partial charge >= 0.3 is 0 Å². The molecule has 8 heteroatoms. The van der Waals surface area contributed by atoms with Crippen LogP contribution in [0.3, 0.4) is 0 Å². The molecule has 0 saturated heterocycles. The van der Waals surface area contributed by atoms with Crippen LogP contribution in [0.2, 0.25) is 18.1 Å². The van der Waals surface area contributed by atoms with Crippen LogP contribution < -0.4 is 10.5 Å². The topological polar surface area (TPSA) is 79.4 Å². The fourth-order valence-corrected chi connectivity index (χ4v) is 5.11. The minimum absolute atomic E-state index is 0.0602. The van der Waals surface area contributed by atoms with Crippen molar-refractivity contribution in [1.29, 1.82) is 0 Å². The number of amides is 1. The molecular formula is C28H38FN3O3Si. The van der Waals surface area contributed by atoms with Gasteiger partial charge in [-0.05, 0) is 54.6 Å². The van der Waals surface area contributed by atoms with Crippen molar-refractivity contribution in [2.45, 2.75) is 77.4 Å². The van der Waals surface area contributed by atoms with Crippen molar-refractivity contribution in [3.63, 3.8) is 0 Å². The zero-order valence-corrected chi connectivity index (χ0v) is 23.0. The van der Waals surface area contributed by atoms with Crippen LogP contribution in [0.4, 0.5) is 4.39 Å². The van der Waals surface area contributed by atoms with Crippen LogP contribution in [0.25, 0.3) is 0 Å². The van der Waals surface area contributed by atoms with Gasteiger partial charge in [0.2, 0.25) is 0 Å². The summed E-state index contributed by atoms with van der Waals surface area (Å²) in [4.78, 5) is 15.6. The lowest BCUT2D eigenvalue weighted by atomic mass is 10.0. The fraction of sp³-hybridized carbons (Fsp3) is 0.429. The number of rotatable bonds is 12. The van der Waals surface area contributed by atoms with Gasteiger partial charge in [-0.25, -0.2) is 9.37 Å². The average Bonchev–Trinajstić information content (AvgIpc) is 3.27. The van der Waals surface area contributed by atoms with E-state index in [1.807, 2.05) is 34.9 Å². The normalized spacial score (nSPS) is 12.9. The van der Waals surface area contributed by atoms with E-state index in [0.29, 0.717) is 18.9 Å². The van der Waals surface area contributed by atoms with Gasteiger partial charge in [-0.2, -0.15) is 0 Å². The highest BCUT2D eigenvalue weighted by Crippen LogP contribution is 2.38. The van der Waals surface area contributed by atoms with Gasteiger partial charge in [0.15, 0.2) is 8.32 Å². The molecule has 0 spiro atoms. The first kappa shape index (κ1) is 27.6. The molecule has 1 amide bonds. The Hall–Kier alpha value is -2.97. The summed E-state index contributed by atoms with van der Waals surface area (Å²) in [6.07, 6.45) is 5.60. The lowest BCUT2D eigenvalue weighted by molar-refractivity contribution is 0.0995. The largest absolute Gasteiger partial charge is 0.489 e. The number of primary amides is 1. The maximum atomic E-state index is 14.0. The minimum atomic E-state index is -2.03. The molecule has 0 aliphatic heterocycles. The molecule has 36 heavy (non-hydrogen) atoms. The second kappa shape index (κ2) is 11.8. The average molecular weight is 512 g/mol. The molecule has 0 saturated carbocycles. The van der Waals surface area contributed by atoms with Crippen LogP contribution in [-0.4, -0.2) is 29.9 Å². The van der Waals surface area contributed by atoms with Crippen molar-refractivity contribution in [3.8, 4) is 5.75 Å². The molecule has 0 aliphatic rings. The zero-order chi connectivity index (χ0) is 26.3. The van der Waals surface area contributed by atoms with E-state index in [0.717, 1.165) is 30.4 Å². The highest BCUT2D eigenvalue weighted by Gasteiger charge is 2.39. The van der Waals surface area contributed by atoms with Crippen LogP contribution >= 0.6 is 0 Å². The van der Waals surface area contributed by atoms with Gasteiger partial charge in [-0.1, -0.05) is 57.2 Å². The molecule has 6 nitrogen and oxygen atoms in total. The number of imidazole rings is 1. The van der Waals surface area contributed by atoms with Gasteiger partial charge in [0.25, 0.3) is 5.91 Å². The Morgan fingerprint density at radius 3 is 2.53 bits per heavy atom. The summed E-state index contributed by atoms with van der Waals surface area (Å²) >= 11 is 0. The second-order valence-electron chi connectivity index (χ2n) is 10.7. The molecule has 3 rings (SSSR count). The Kier molecular flexibility index (Phi) is 9.08. The third-order valence-corrected chi connectivity index (χ3v) is 11.3. The first-order valence-electron chi connectivity index (χ1n) is 12.4. The van der Waals surface area contributed by atoms with Crippen LogP contribution in [0.5, 0.6) is 5.75 Å². The first-order valence-corrected chi connectivity index (χ1v) is 15.3. The summed E-state index contributed by atoms with van der Waals surface area (Å²) in [5.74, 6) is -0.289. The Balaban J connectivity index is 1.69. The molecule has 0 radical (unpaired) electrons. The van der Waals surface area contributed by atoms with E-state index in [1.54, 1.807) is 18.6 Å². The third kappa shape index (κ3) is 7.76. The number of hydrogen-bond acceptors (Lipinski definition) is 4. The Morgan fingerprint density at radius 1 is 1.17 bits per heavy atom. The fourth-order valence-electron chi connectivity index (χ4n) is 3.73. The summed E-state index contributed by atoms with van der Waals surface area (Å²) in [6, 6.07) is 14.6. The number of ether oxygens (including phenoxy) is 1. The van der Waals surface area contributed by atoms with Gasteiger partial charge in [0.1, 0.15) is 23.9 Å². The van der Waals surface area contributed by atoms with Crippen LogP contribution in [0, 0.1) is 5.82 Å². The van der Waals surface area contributed by atoms with Gasteiger partial charge in [0.05, 0.1) is 12.4 Å². The summed E-state index contributed by atoms with van der Waals surface area (Å²) in [6.45, 7) is 12.1. The van der Waals surface area contributed by atoms with Crippen molar-refractivity contribution in [2.75, 3.05) is 0 Å². The molecule has 2 aromatic carbocycles. The SMILES string of the molecule is CC(C)(C)[Si](C)(C)OC(CCCc1ccc(F)cc1OCc1ccccc1)Cn1cnc(C(N)=O)c1. The highest BCUT2D eigenvalue weighted by molar-refractivity contribution is 6.74. The molecule has 0 fully saturated rings. The van der Waals surface area contributed by atoms with Crippen molar-refractivity contribution in [3.05, 3.63) is 83.7 Å². The van der Waals surface area contributed by atoms with Crippen molar-refractivity contribution in [1.82, 2.24) is 9.55 Å². The Bertz CT molecular complexity index is 1140. The number of benzene rings is 2. The smallest absolute Gasteiger partial charge is 0.268 e. The molecule has 1 heterocycles. The summed E-state index contributed by atoms with van der Waals surface area (Å²) in [5.41, 5.74) is 7.62. The summed E-state index contributed by atoms with van der Waals surface area (Å²) < 4.78 is 28.6. The molecule has 1 unspecified atom stereocenters. The lowest BCUT2D eigenvalue weighted by Gasteiger charge is -2.39. The number of aryl methyl sites for hydroxylation is 1. The van der Waals surface area contributed by atoms with Gasteiger partial charge in [0, 0.05) is 18.8 Å². The predicted molar refractivity (Wildman–Crippen MR) is 143 cm³/mol. The summed E-state index contributed by atoms with van der Waals surface area (Å²) in [5, 5.41) is 0.0635. The first-order chi connectivity index (χ1) is 16.9. The maximum absolute atomic E-state index is 14.0. The Labute approximate surface area is 214 Å². The van der Waals surface area contributed by atoms with Crippen molar-refractivity contribution >= 4 is 14.2 Å². The van der Waals surface area contributed by atoms with E-state index in [4.69, 9.17) is 14.9 Å². The maximum Gasteiger partial charge on any atom is 0.268 e. The number of hydrogen-bond donors (Lipinski definition) is 1. The van der Waals surface area contributed by atoms with E-state index >= 15 is 0 Å². The molecule has 1 aromatic heterocycles. The molecule has 2 N–H and O–H groups in total. The van der Waals surface area contributed by atoms with E-state index < -0.39 is 14.2 Å². The summed E-state index contributed by atoms with van der Waals surface area (Å²) in [7, 11) is -2.03. The number of aromatic nitrogens is 2. The van der Waals surface area contributed by atoms with E-state index in [-0.39, 0.29) is 22.7 Å². The molecule has 194 valence electrons. The number of nitrogens with zero attached hydrogens (tertiary/aromatic N) is 2. The number of carbonyl (C=O) groups excluding carboxylic acids is 1. The van der Waals surface area contributed by atoms with Crippen LogP contribution in [0.15, 0.2) is 61.1 Å². The lowest BCUT2D eigenvalue weighted by Crippen LogP contribution is -2.44. The van der Waals surface area contributed by atoms with Gasteiger partial charge < -0.3 is 19.5 Å². The quantitative estimate of drug-likeness (QED) is 0.297. The van der Waals surface area contributed by atoms with E-state index in [1.165, 1.54) is 12.1 Å². The molecular weight excluding hydrogens is 473 g/mol. The van der Waals surface area contributed by atoms with Gasteiger partial charge in [-0.15, -0.1) is 0 Å². The Morgan fingerprint density at radius 2 is 1.89 bits per heavy atom. The van der Waals surface area contributed by atoms with Crippen molar-refractivity contribution in [2.24, 2.45) is 5.73 Å². The number of nitrogens with two attached hydrogens (primary N) is 1. The van der Waals surface area contributed by atoms with Crippen LogP contribution in [0.1, 0.15) is 55.2 Å². The highest BCUT2D eigenvalue weighted by atomic mass is 28.4. The molecule has 3 aromatic rings. The monoisotopic (exact) mass is 511 g/mol. The number of halogens is 1. The molecule has 0 aliphatic carbocycles. The zero-order valence-electron chi connectivity index (χ0n) is 22.0. The molecule has 1 atom stereocenters. The standard InChI is InChI=1S/C28H38FN3O3Si/c1-28(2,3)36(4,5)35-24(17-32-18-25(27(30)33)31-20-32)13-9-12-22-14-15-23(29)16-26(22)34-19-21-10-7-6-8-11-21/h6-8,10-11,14-16,18,20,24H,9,12-13,17,19H2,1-5H3,(H2,30,33). The van der Waals surface area contributed by atoms with Crippen LogP contribution in [-0.2, 0) is 24.0 Å². The van der Waals surface area contributed by atoms with E-state index in [9.17, 15) is 9.18 Å². The van der Waals surface area contributed by atoms with Crippen molar-refractivity contribution < 1.29 is 18.3 Å². The van der Waals surface area contributed by atoms with E-state index in [2.05, 4.69) is 38.8 Å². The third-order valence-electron chi connectivity index (χ3n) is 6.81. The van der Waals surface area contributed by atoms with Gasteiger partial charge in [-0.3, -0.25) is 4.79 Å².